The van der Waals surface area contributed by atoms with Gasteiger partial charge in [-0.1, -0.05) is 176 Å². The molecule has 0 amide bonds. The first kappa shape index (κ1) is 32.0. The monoisotopic (exact) mass is 742 g/mol. The normalized spacial score (nSPS) is 13.1. The maximum absolute atomic E-state index is 5.77. The zero-order valence-corrected chi connectivity index (χ0v) is 31.9. The Balaban J connectivity index is 1.31. The highest BCUT2D eigenvalue weighted by molar-refractivity contribution is 7.22. The number of aromatic nitrogens is 4. The van der Waals surface area contributed by atoms with Crippen molar-refractivity contribution in [2.75, 3.05) is 0 Å². The molecule has 0 bridgehead atoms. The quantitative estimate of drug-likeness (QED) is 0.165. The predicted octanol–water partition coefficient (Wildman–Crippen LogP) is 9.70. The number of benzene rings is 8. The molecule has 1 aliphatic rings. The van der Waals surface area contributed by atoms with Crippen LogP contribution in [0.1, 0.15) is 0 Å². The summed E-state index contributed by atoms with van der Waals surface area (Å²) >= 11 is 0. The Kier molecular flexibility index (Phi) is 6.91. The van der Waals surface area contributed by atoms with Crippen LogP contribution < -0.4 is 20.7 Å². The summed E-state index contributed by atoms with van der Waals surface area (Å²) in [5, 5.41) is 10.0. The van der Waals surface area contributed by atoms with Crippen LogP contribution in [-0.4, -0.2) is 27.2 Å². The standard InChI is InChI=1S/C52H34N4Si/c1-5-19-35(20-6-1)51-53-48-42-29-15-18-32-46(42)57(37-23-9-3-10-24-37,38-25-11-4-12-26-38)50(48)52(54-51)56-44-31-17-14-28-41(44)47-45(56)34-33-40-39-27-13-16-30-43(39)55(49(40)47)36-21-7-2-8-22-36/h1-34H. The third kappa shape index (κ3) is 4.43. The van der Waals surface area contributed by atoms with Crippen LogP contribution >= 0.6 is 0 Å². The first-order valence-corrected chi connectivity index (χ1v) is 21.5. The summed E-state index contributed by atoms with van der Waals surface area (Å²) in [4.78, 5) is 11.4. The van der Waals surface area contributed by atoms with E-state index < -0.39 is 8.07 Å². The molecule has 8 aromatic carbocycles. The second kappa shape index (κ2) is 12.3. The smallest absolute Gasteiger partial charge is 0.187 e. The van der Waals surface area contributed by atoms with Gasteiger partial charge in [0, 0.05) is 43.5 Å². The highest BCUT2D eigenvalue weighted by atomic mass is 28.3. The fraction of sp³-hybridized carbons (Fsp3) is 0. The summed E-state index contributed by atoms with van der Waals surface area (Å²) in [6.45, 7) is 0. The van der Waals surface area contributed by atoms with Crippen molar-refractivity contribution in [2.24, 2.45) is 0 Å². The molecular formula is C52H34N4Si. The minimum Gasteiger partial charge on any atom is -0.309 e. The Bertz CT molecular complexity index is 3290. The van der Waals surface area contributed by atoms with Crippen LogP contribution in [0.3, 0.4) is 0 Å². The molecule has 4 nitrogen and oxygen atoms in total. The zero-order valence-electron chi connectivity index (χ0n) is 30.9. The molecule has 11 aromatic rings. The topological polar surface area (TPSA) is 35.6 Å². The molecular weight excluding hydrogens is 709 g/mol. The molecule has 3 aromatic heterocycles. The van der Waals surface area contributed by atoms with E-state index in [4.69, 9.17) is 9.97 Å². The molecule has 0 saturated heterocycles. The Morgan fingerprint density at radius 2 is 0.965 bits per heavy atom. The van der Waals surface area contributed by atoms with Crippen molar-refractivity contribution in [1.29, 1.82) is 0 Å². The number of fused-ring (bicyclic) bond motifs is 10. The zero-order chi connectivity index (χ0) is 37.5. The molecule has 0 N–H and O–H groups in total. The van der Waals surface area contributed by atoms with Crippen molar-refractivity contribution in [1.82, 2.24) is 19.1 Å². The summed E-state index contributed by atoms with van der Waals surface area (Å²) in [5.74, 6) is 1.65. The Morgan fingerprint density at radius 3 is 1.67 bits per heavy atom. The van der Waals surface area contributed by atoms with Crippen LogP contribution in [0.25, 0.3) is 77.8 Å². The lowest BCUT2D eigenvalue weighted by Crippen LogP contribution is -2.73. The van der Waals surface area contributed by atoms with Gasteiger partial charge in [-0.05, 0) is 45.9 Å². The molecule has 5 heteroatoms. The van der Waals surface area contributed by atoms with E-state index in [-0.39, 0.29) is 0 Å². The van der Waals surface area contributed by atoms with Crippen LogP contribution in [-0.2, 0) is 0 Å². The lowest BCUT2D eigenvalue weighted by atomic mass is 10.1. The van der Waals surface area contributed by atoms with Gasteiger partial charge in [-0.2, -0.15) is 0 Å². The lowest BCUT2D eigenvalue weighted by molar-refractivity contribution is 1.06. The van der Waals surface area contributed by atoms with Crippen molar-refractivity contribution < 1.29 is 0 Å². The lowest BCUT2D eigenvalue weighted by Gasteiger charge is -2.32. The Hall–Kier alpha value is -7.34. The van der Waals surface area contributed by atoms with Crippen molar-refractivity contribution in [3.63, 3.8) is 0 Å². The molecule has 1 aliphatic heterocycles. The molecule has 0 saturated carbocycles. The summed E-state index contributed by atoms with van der Waals surface area (Å²) in [5.41, 5.74) is 8.93. The fourth-order valence-electron chi connectivity index (χ4n) is 9.74. The van der Waals surface area contributed by atoms with Crippen LogP contribution in [0.5, 0.6) is 0 Å². The van der Waals surface area contributed by atoms with Gasteiger partial charge in [-0.3, -0.25) is 4.57 Å². The van der Waals surface area contributed by atoms with Crippen molar-refractivity contribution in [3.05, 3.63) is 206 Å². The van der Waals surface area contributed by atoms with Gasteiger partial charge in [0.1, 0.15) is 5.82 Å². The van der Waals surface area contributed by atoms with Gasteiger partial charge in [0.2, 0.25) is 0 Å². The van der Waals surface area contributed by atoms with E-state index in [2.05, 4.69) is 215 Å². The van der Waals surface area contributed by atoms with E-state index in [1.165, 1.54) is 58.9 Å². The summed E-state index contributed by atoms with van der Waals surface area (Å²) in [7, 11) is -3.02. The molecule has 0 radical (unpaired) electrons. The maximum atomic E-state index is 5.77. The fourth-order valence-corrected chi connectivity index (χ4v) is 14.9. The summed E-state index contributed by atoms with van der Waals surface area (Å²) in [6, 6.07) is 74.8. The molecule has 0 fully saturated rings. The number of hydrogen-bond donors (Lipinski definition) is 0. The van der Waals surface area contributed by atoms with E-state index in [1.54, 1.807) is 0 Å². The van der Waals surface area contributed by atoms with E-state index >= 15 is 0 Å². The Labute approximate surface area is 330 Å². The number of para-hydroxylation sites is 3. The van der Waals surface area contributed by atoms with Gasteiger partial charge in [0.05, 0.1) is 27.8 Å². The molecule has 0 aliphatic carbocycles. The number of hydrogen-bond acceptors (Lipinski definition) is 2. The minimum absolute atomic E-state index is 0.718. The highest BCUT2D eigenvalue weighted by Gasteiger charge is 2.52. The van der Waals surface area contributed by atoms with Gasteiger partial charge in [-0.25, -0.2) is 9.97 Å². The number of rotatable bonds is 5. The van der Waals surface area contributed by atoms with Crippen molar-refractivity contribution in [2.45, 2.75) is 0 Å². The molecule has 57 heavy (non-hydrogen) atoms. The highest BCUT2D eigenvalue weighted by Crippen LogP contribution is 2.42. The van der Waals surface area contributed by atoms with E-state index in [9.17, 15) is 0 Å². The molecule has 0 unspecified atom stereocenters. The van der Waals surface area contributed by atoms with Crippen molar-refractivity contribution >= 4 is 72.4 Å². The first-order chi connectivity index (χ1) is 28.3. The molecule has 12 rings (SSSR count). The van der Waals surface area contributed by atoms with E-state index in [0.29, 0.717) is 0 Å². The molecule has 0 spiro atoms. The van der Waals surface area contributed by atoms with Gasteiger partial charge in [0.25, 0.3) is 0 Å². The first-order valence-electron chi connectivity index (χ1n) is 19.5. The third-order valence-electron chi connectivity index (χ3n) is 12.0. The van der Waals surface area contributed by atoms with Gasteiger partial charge in [0.15, 0.2) is 13.9 Å². The van der Waals surface area contributed by atoms with Crippen LogP contribution in [0.2, 0.25) is 0 Å². The summed E-state index contributed by atoms with van der Waals surface area (Å²) < 4.78 is 4.91. The average Bonchev–Trinajstić information content (AvgIpc) is 3.92. The van der Waals surface area contributed by atoms with E-state index in [1.807, 2.05) is 0 Å². The average molecular weight is 743 g/mol. The second-order valence-corrected chi connectivity index (χ2v) is 18.6. The number of nitrogens with zero attached hydrogens (tertiary/aromatic N) is 4. The molecule has 0 atom stereocenters. The second-order valence-electron chi connectivity index (χ2n) is 14.9. The summed E-state index contributed by atoms with van der Waals surface area (Å²) in [6.07, 6.45) is 0. The Morgan fingerprint density at radius 1 is 0.404 bits per heavy atom. The van der Waals surface area contributed by atoms with Crippen LogP contribution in [0.4, 0.5) is 0 Å². The third-order valence-corrected chi connectivity index (χ3v) is 16.8. The van der Waals surface area contributed by atoms with E-state index in [0.717, 1.165) is 39.6 Å². The maximum Gasteiger partial charge on any atom is 0.187 e. The van der Waals surface area contributed by atoms with Crippen LogP contribution in [0, 0.1) is 0 Å². The van der Waals surface area contributed by atoms with Crippen molar-refractivity contribution in [3.8, 4) is 34.2 Å². The molecule has 266 valence electrons. The van der Waals surface area contributed by atoms with Gasteiger partial charge < -0.3 is 4.57 Å². The predicted molar refractivity (Wildman–Crippen MR) is 239 cm³/mol. The SMILES string of the molecule is c1ccc(-c2nc3c(c(-n4c5ccccc5c5c4ccc4c6ccccc6n(-c6ccccc6)c45)n2)[Si](c2ccccc2)(c2ccccc2)c2ccccc2-3)cc1. The van der Waals surface area contributed by atoms with Crippen LogP contribution in [0.15, 0.2) is 206 Å². The largest absolute Gasteiger partial charge is 0.309 e. The molecule has 4 heterocycles. The minimum atomic E-state index is -3.02. The van der Waals surface area contributed by atoms with Gasteiger partial charge in [-0.15, -0.1) is 0 Å². The van der Waals surface area contributed by atoms with Gasteiger partial charge >= 0.3 is 0 Å².